The highest BCUT2D eigenvalue weighted by Gasteiger charge is 2.30. The monoisotopic (exact) mass is 307 g/mol. The van der Waals surface area contributed by atoms with Crippen molar-refractivity contribution in [3.05, 3.63) is 0 Å². The quantitative estimate of drug-likeness (QED) is 0.847. The van der Waals surface area contributed by atoms with Crippen molar-refractivity contribution in [1.82, 2.24) is 4.90 Å². The second-order valence-electron chi connectivity index (χ2n) is 7.92. The van der Waals surface area contributed by atoms with E-state index in [1.54, 1.807) is 0 Å². The molecule has 22 heavy (non-hydrogen) atoms. The van der Waals surface area contributed by atoms with Crippen molar-refractivity contribution in [3.8, 4) is 0 Å². The first-order valence-electron chi connectivity index (χ1n) is 9.95. The maximum atomic E-state index is 12.4. The molecule has 3 heteroatoms. The first-order valence-corrected chi connectivity index (χ1v) is 9.95. The summed E-state index contributed by atoms with van der Waals surface area (Å²) in [6, 6.07) is 0.831. The minimum Gasteiger partial charge on any atom is -0.342 e. The smallest absolute Gasteiger partial charge is 0.222 e. The van der Waals surface area contributed by atoms with Gasteiger partial charge in [-0.05, 0) is 38.0 Å². The summed E-state index contributed by atoms with van der Waals surface area (Å²) in [5, 5.41) is 0. The molecule has 2 heterocycles. The van der Waals surface area contributed by atoms with E-state index in [1.165, 1.54) is 77.3 Å². The van der Waals surface area contributed by atoms with Gasteiger partial charge in [0.25, 0.3) is 0 Å². The summed E-state index contributed by atoms with van der Waals surface area (Å²) in [5.74, 6) is 1.29. The molecule has 0 aromatic heterocycles. The Morgan fingerprint density at radius 2 is 1.50 bits per heavy atom. The van der Waals surface area contributed by atoms with Crippen molar-refractivity contribution in [2.75, 3.05) is 26.2 Å². The van der Waals surface area contributed by atoms with Gasteiger partial charge in [0.05, 0.1) is 19.1 Å². The molecule has 0 atom stereocenters. The third kappa shape index (κ3) is 4.47. The first-order chi connectivity index (χ1) is 10.8. The fourth-order valence-electron chi connectivity index (χ4n) is 4.91. The van der Waals surface area contributed by atoms with Crippen LogP contribution in [0.2, 0.25) is 0 Å². The number of carbonyl (C=O) groups excluding carboxylic acids is 1. The maximum absolute atomic E-state index is 12.4. The molecule has 1 N–H and O–H groups in total. The van der Waals surface area contributed by atoms with Crippen LogP contribution in [0.15, 0.2) is 0 Å². The molecule has 2 saturated heterocycles. The number of nitrogens with zero attached hydrogens (tertiary/aromatic N) is 1. The molecule has 0 radical (unpaired) electrons. The Hall–Kier alpha value is -0.570. The predicted molar refractivity (Wildman–Crippen MR) is 90.0 cm³/mol. The lowest BCUT2D eigenvalue weighted by atomic mass is 9.99. The molecule has 126 valence electrons. The molecule has 3 fully saturated rings. The molecule has 2 aliphatic heterocycles. The number of hydrogen-bond acceptors (Lipinski definition) is 1. The average Bonchev–Trinajstić information content (AvgIpc) is 2.93. The highest BCUT2D eigenvalue weighted by molar-refractivity contribution is 5.76. The molecule has 0 spiro atoms. The number of nitrogens with one attached hydrogen (secondary N) is 1. The zero-order valence-corrected chi connectivity index (χ0v) is 14.3. The molecule has 3 rings (SSSR count). The van der Waals surface area contributed by atoms with Gasteiger partial charge >= 0.3 is 0 Å². The largest absolute Gasteiger partial charge is 0.342 e. The molecule has 0 unspecified atom stereocenters. The highest BCUT2D eigenvalue weighted by Crippen LogP contribution is 2.28. The van der Waals surface area contributed by atoms with Gasteiger partial charge in [-0.25, -0.2) is 0 Å². The summed E-state index contributed by atoms with van der Waals surface area (Å²) in [6.45, 7) is 4.80. The van der Waals surface area contributed by atoms with E-state index in [1.807, 2.05) is 4.90 Å². The van der Waals surface area contributed by atoms with Gasteiger partial charge in [-0.15, -0.1) is 0 Å². The van der Waals surface area contributed by atoms with Crippen LogP contribution in [0.1, 0.15) is 77.0 Å². The van der Waals surface area contributed by atoms with Gasteiger partial charge in [0, 0.05) is 32.4 Å². The predicted octanol–water partition coefficient (Wildman–Crippen LogP) is 2.41. The fraction of sp³-hybridized carbons (Fsp3) is 0.947. The fourth-order valence-corrected chi connectivity index (χ4v) is 4.91. The minimum absolute atomic E-state index is 0.441. The van der Waals surface area contributed by atoms with E-state index in [4.69, 9.17) is 0 Å². The number of rotatable bonds is 4. The van der Waals surface area contributed by atoms with Crippen LogP contribution in [-0.2, 0) is 4.79 Å². The first kappa shape index (κ1) is 16.3. The summed E-state index contributed by atoms with van der Waals surface area (Å²) in [7, 11) is 0. The zero-order chi connectivity index (χ0) is 15.2. The summed E-state index contributed by atoms with van der Waals surface area (Å²) in [6.07, 6.45) is 15.7. The van der Waals surface area contributed by atoms with Gasteiger partial charge in [-0.1, -0.05) is 25.7 Å². The number of likely N-dealkylation sites (tertiary alicyclic amines) is 2. The summed E-state index contributed by atoms with van der Waals surface area (Å²) in [4.78, 5) is 16.4. The van der Waals surface area contributed by atoms with E-state index in [0.717, 1.165) is 37.9 Å². The number of piperidine rings is 1. The van der Waals surface area contributed by atoms with Crippen LogP contribution in [0.4, 0.5) is 0 Å². The van der Waals surface area contributed by atoms with Crippen LogP contribution in [0.5, 0.6) is 0 Å². The van der Waals surface area contributed by atoms with Gasteiger partial charge in [-0.3, -0.25) is 4.79 Å². The minimum atomic E-state index is 0.441. The molecular weight excluding hydrogens is 272 g/mol. The topological polar surface area (TPSA) is 24.8 Å². The second-order valence-corrected chi connectivity index (χ2v) is 7.92. The van der Waals surface area contributed by atoms with E-state index < -0.39 is 0 Å². The summed E-state index contributed by atoms with van der Waals surface area (Å²) in [5.41, 5.74) is 0. The van der Waals surface area contributed by atoms with Gasteiger partial charge in [0.2, 0.25) is 5.91 Å². The van der Waals surface area contributed by atoms with Crippen molar-refractivity contribution < 1.29 is 9.69 Å². The SMILES string of the molecule is O=C(CCC1CCCC1)N1CCC([NH+]2CCCCCC2)CC1. The molecule has 1 saturated carbocycles. The highest BCUT2D eigenvalue weighted by atomic mass is 16.2. The van der Waals surface area contributed by atoms with Crippen molar-refractivity contribution in [2.45, 2.75) is 83.1 Å². The normalized spacial score (nSPS) is 26.3. The van der Waals surface area contributed by atoms with Crippen molar-refractivity contribution in [2.24, 2.45) is 5.92 Å². The zero-order valence-electron chi connectivity index (χ0n) is 14.3. The van der Waals surface area contributed by atoms with Gasteiger partial charge < -0.3 is 9.80 Å². The van der Waals surface area contributed by atoms with Gasteiger partial charge in [-0.2, -0.15) is 0 Å². The van der Waals surface area contributed by atoms with E-state index in [-0.39, 0.29) is 0 Å². The Morgan fingerprint density at radius 1 is 0.864 bits per heavy atom. The Labute approximate surface area is 136 Å². The van der Waals surface area contributed by atoms with E-state index in [9.17, 15) is 4.79 Å². The Morgan fingerprint density at radius 3 is 2.14 bits per heavy atom. The van der Waals surface area contributed by atoms with Crippen molar-refractivity contribution in [1.29, 1.82) is 0 Å². The third-order valence-electron chi connectivity index (χ3n) is 6.41. The van der Waals surface area contributed by atoms with E-state index >= 15 is 0 Å². The Balaban J connectivity index is 1.37. The molecule has 1 aliphatic carbocycles. The Kier molecular flexibility index (Phi) is 6.17. The number of amides is 1. The van der Waals surface area contributed by atoms with E-state index in [2.05, 4.69) is 4.90 Å². The van der Waals surface area contributed by atoms with E-state index in [0.29, 0.717) is 5.91 Å². The second kappa shape index (κ2) is 8.33. The lowest BCUT2D eigenvalue weighted by molar-refractivity contribution is -0.926. The molecular formula is C19H35N2O+. The molecule has 3 nitrogen and oxygen atoms in total. The number of carbonyl (C=O) groups is 1. The molecule has 0 aromatic carbocycles. The number of hydrogen-bond donors (Lipinski definition) is 1. The third-order valence-corrected chi connectivity index (χ3v) is 6.41. The summed E-state index contributed by atoms with van der Waals surface area (Å²) < 4.78 is 0. The maximum Gasteiger partial charge on any atom is 0.222 e. The lowest BCUT2D eigenvalue weighted by Crippen LogP contribution is -3.16. The molecule has 0 bridgehead atoms. The number of quaternary nitrogens is 1. The summed E-state index contributed by atoms with van der Waals surface area (Å²) >= 11 is 0. The molecule has 0 aromatic rings. The lowest BCUT2D eigenvalue weighted by Gasteiger charge is -2.36. The Bertz CT molecular complexity index is 335. The standard InChI is InChI=1S/C19H34N2O/c22-19(10-9-17-7-3-4-8-17)21-15-11-18(12-16-21)20-13-5-1-2-6-14-20/h17-18H,1-16H2/p+1. The average molecular weight is 308 g/mol. The van der Waals surface area contributed by atoms with Crippen molar-refractivity contribution >= 4 is 5.91 Å². The van der Waals surface area contributed by atoms with Crippen molar-refractivity contribution in [3.63, 3.8) is 0 Å². The molecule has 3 aliphatic rings. The van der Waals surface area contributed by atoms with Crippen LogP contribution < -0.4 is 4.90 Å². The van der Waals surface area contributed by atoms with Crippen LogP contribution in [-0.4, -0.2) is 43.0 Å². The van der Waals surface area contributed by atoms with Crippen LogP contribution >= 0.6 is 0 Å². The van der Waals surface area contributed by atoms with Crippen LogP contribution in [0, 0.1) is 5.92 Å². The van der Waals surface area contributed by atoms with Gasteiger partial charge in [0.1, 0.15) is 0 Å². The molecule has 1 amide bonds. The van der Waals surface area contributed by atoms with Crippen LogP contribution in [0.25, 0.3) is 0 Å². The van der Waals surface area contributed by atoms with Gasteiger partial charge in [0.15, 0.2) is 0 Å². The van der Waals surface area contributed by atoms with Crippen LogP contribution in [0.3, 0.4) is 0 Å².